The Labute approximate surface area is 144 Å². The smallest absolute Gasteiger partial charge is 0.151 e. The standard InChI is InChI=1S/C18H20BrFN2O/c1-13-10-17(21-22(13)18-4-2-3-9-23-18)16(20)11-14-5-7-15(12-19)8-6-14/h5-8,10-11,18H,2-4,9,12H2,1H3/b16-11-. The number of aryl methyl sites for hydroxylation is 1. The summed E-state index contributed by atoms with van der Waals surface area (Å²) in [6, 6.07) is 9.55. The molecule has 122 valence electrons. The highest BCUT2D eigenvalue weighted by molar-refractivity contribution is 9.08. The molecule has 1 fully saturated rings. The van der Waals surface area contributed by atoms with Crippen LogP contribution in [0.4, 0.5) is 4.39 Å². The lowest BCUT2D eigenvalue weighted by atomic mass is 10.1. The maximum absolute atomic E-state index is 14.5. The van der Waals surface area contributed by atoms with E-state index in [2.05, 4.69) is 21.0 Å². The topological polar surface area (TPSA) is 27.1 Å². The van der Waals surface area contributed by atoms with E-state index in [9.17, 15) is 4.39 Å². The highest BCUT2D eigenvalue weighted by Gasteiger charge is 2.19. The van der Waals surface area contributed by atoms with E-state index in [0.29, 0.717) is 5.69 Å². The van der Waals surface area contributed by atoms with E-state index >= 15 is 0 Å². The van der Waals surface area contributed by atoms with Gasteiger partial charge in [-0.05, 0) is 49.5 Å². The van der Waals surface area contributed by atoms with Crippen molar-refractivity contribution in [1.82, 2.24) is 9.78 Å². The first-order valence-electron chi connectivity index (χ1n) is 7.87. The van der Waals surface area contributed by atoms with E-state index in [1.54, 1.807) is 10.7 Å². The van der Waals surface area contributed by atoms with Gasteiger partial charge in [-0.25, -0.2) is 9.07 Å². The Morgan fingerprint density at radius 2 is 2.17 bits per heavy atom. The number of hydrogen-bond acceptors (Lipinski definition) is 2. The summed E-state index contributed by atoms with van der Waals surface area (Å²) < 4.78 is 22.0. The van der Waals surface area contributed by atoms with Crippen molar-refractivity contribution in [2.24, 2.45) is 0 Å². The van der Waals surface area contributed by atoms with Crippen LogP contribution in [0.25, 0.3) is 11.9 Å². The third kappa shape index (κ3) is 3.90. The molecule has 0 saturated carbocycles. The minimum absolute atomic E-state index is 0.0662. The summed E-state index contributed by atoms with van der Waals surface area (Å²) in [5.74, 6) is -0.325. The number of halogens is 2. The molecule has 23 heavy (non-hydrogen) atoms. The second-order valence-corrected chi connectivity index (χ2v) is 6.36. The number of hydrogen-bond donors (Lipinski definition) is 0. The Morgan fingerprint density at radius 1 is 1.39 bits per heavy atom. The number of ether oxygens (including phenoxy) is 1. The average molecular weight is 379 g/mol. The highest BCUT2D eigenvalue weighted by atomic mass is 79.9. The minimum atomic E-state index is -0.325. The van der Waals surface area contributed by atoms with Crippen LogP contribution in [0.5, 0.6) is 0 Å². The molecule has 2 heterocycles. The molecule has 1 aromatic carbocycles. The average Bonchev–Trinajstić information content (AvgIpc) is 2.98. The van der Waals surface area contributed by atoms with E-state index in [1.807, 2.05) is 31.2 Å². The molecule has 0 bridgehead atoms. The fraction of sp³-hybridized carbons (Fsp3) is 0.389. The van der Waals surface area contributed by atoms with Gasteiger partial charge in [0.2, 0.25) is 0 Å². The summed E-state index contributed by atoms with van der Waals surface area (Å²) in [4.78, 5) is 0. The molecule has 0 radical (unpaired) electrons. The molecular formula is C18H20BrFN2O. The maximum atomic E-state index is 14.5. The summed E-state index contributed by atoms with van der Waals surface area (Å²) in [5.41, 5.74) is 3.27. The van der Waals surface area contributed by atoms with Crippen LogP contribution in [0, 0.1) is 6.92 Å². The normalized spacial score (nSPS) is 19.1. The van der Waals surface area contributed by atoms with Gasteiger partial charge in [-0.2, -0.15) is 5.10 Å². The molecule has 1 aliphatic heterocycles. The Bertz CT molecular complexity index is 688. The van der Waals surface area contributed by atoms with Crippen molar-refractivity contribution in [1.29, 1.82) is 0 Å². The third-order valence-electron chi connectivity index (χ3n) is 4.02. The van der Waals surface area contributed by atoms with Gasteiger partial charge in [0.15, 0.2) is 5.83 Å². The Kier molecular flexibility index (Phi) is 5.28. The first-order chi connectivity index (χ1) is 11.2. The maximum Gasteiger partial charge on any atom is 0.151 e. The molecule has 1 saturated heterocycles. The van der Waals surface area contributed by atoms with Crippen LogP contribution in [-0.4, -0.2) is 16.4 Å². The molecule has 1 aliphatic rings. The lowest BCUT2D eigenvalue weighted by Crippen LogP contribution is -2.20. The van der Waals surface area contributed by atoms with Gasteiger partial charge in [-0.3, -0.25) is 0 Å². The SMILES string of the molecule is Cc1cc(/C(F)=C/c2ccc(CBr)cc2)nn1C1CCCCO1. The zero-order valence-electron chi connectivity index (χ0n) is 13.1. The molecule has 0 aliphatic carbocycles. The Morgan fingerprint density at radius 3 is 2.83 bits per heavy atom. The predicted octanol–water partition coefficient (Wildman–Crippen LogP) is 5.25. The fourth-order valence-electron chi connectivity index (χ4n) is 2.74. The summed E-state index contributed by atoms with van der Waals surface area (Å²) >= 11 is 3.40. The lowest BCUT2D eigenvalue weighted by molar-refractivity contribution is -0.0407. The van der Waals surface area contributed by atoms with Gasteiger partial charge in [-0.15, -0.1) is 0 Å². The van der Waals surface area contributed by atoms with Crippen LogP contribution in [0.15, 0.2) is 30.3 Å². The zero-order valence-corrected chi connectivity index (χ0v) is 14.7. The Balaban J connectivity index is 1.81. The monoisotopic (exact) mass is 378 g/mol. The van der Waals surface area contributed by atoms with Crippen molar-refractivity contribution in [3.05, 3.63) is 52.8 Å². The number of rotatable bonds is 4. The van der Waals surface area contributed by atoms with Crippen molar-refractivity contribution in [3.8, 4) is 0 Å². The molecule has 0 amide bonds. The molecular weight excluding hydrogens is 359 g/mol. The highest BCUT2D eigenvalue weighted by Crippen LogP contribution is 2.26. The number of benzene rings is 1. The first-order valence-corrected chi connectivity index (χ1v) is 9.00. The van der Waals surface area contributed by atoms with Crippen molar-refractivity contribution >= 4 is 27.8 Å². The van der Waals surface area contributed by atoms with Crippen LogP contribution >= 0.6 is 15.9 Å². The largest absolute Gasteiger partial charge is 0.357 e. The molecule has 1 unspecified atom stereocenters. The molecule has 0 spiro atoms. The van der Waals surface area contributed by atoms with Crippen molar-refractivity contribution in [3.63, 3.8) is 0 Å². The molecule has 1 atom stereocenters. The van der Waals surface area contributed by atoms with Gasteiger partial charge in [-0.1, -0.05) is 40.2 Å². The fourth-order valence-corrected chi connectivity index (χ4v) is 3.11. The quantitative estimate of drug-likeness (QED) is 0.679. The van der Waals surface area contributed by atoms with Crippen LogP contribution in [0.3, 0.4) is 0 Å². The van der Waals surface area contributed by atoms with Crippen molar-refractivity contribution in [2.45, 2.75) is 37.7 Å². The van der Waals surface area contributed by atoms with E-state index in [0.717, 1.165) is 48.0 Å². The zero-order chi connectivity index (χ0) is 16.2. The van der Waals surface area contributed by atoms with E-state index in [4.69, 9.17) is 4.74 Å². The predicted molar refractivity (Wildman–Crippen MR) is 93.9 cm³/mol. The Hall–Kier alpha value is -1.46. The minimum Gasteiger partial charge on any atom is -0.357 e. The molecule has 2 aromatic rings. The number of aromatic nitrogens is 2. The first kappa shape index (κ1) is 16.4. The molecule has 3 nitrogen and oxygen atoms in total. The molecule has 5 heteroatoms. The molecule has 3 rings (SSSR count). The van der Waals surface area contributed by atoms with Crippen molar-refractivity contribution < 1.29 is 9.13 Å². The van der Waals surface area contributed by atoms with Crippen LogP contribution in [-0.2, 0) is 10.1 Å². The number of alkyl halides is 1. The van der Waals surface area contributed by atoms with E-state index in [-0.39, 0.29) is 12.1 Å². The van der Waals surface area contributed by atoms with Crippen LogP contribution in [0.1, 0.15) is 48.0 Å². The molecule has 0 N–H and O–H groups in total. The van der Waals surface area contributed by atoms with Gasteiger partial charge >= 0.3 is 0 Å². The van der Waals surface area contributed by atoms with E-state index < -0.39 is 0 Å². The second kappa shape index (κ2) is 7.41. The van der Waals surface area contributed by atoms with Gasteiger partial charge in [0.05, 0.1) is 0 Å². The van der Waals surface area contributed by atoms with E-state index in [1.165, 1.54) is 6.08 Å². The van der Waals surface area contributed by atoms with Gasteiger partial charge in [0.25, 0.3) is 0 Å². The van der Waals surface area contributed by atoms with Crippen molar-refractivity contribution in [2.75, 3.05) is 6.61 Å². The molecule has 1 aromatic heterocycles. The summed E-state index contributed by atoms with van der Waals surface area (Å²) in [7, 11) is 0. The number of nitrogens with zero attached hydrogens (tertiary/aromatic N) is 2. The summed E-state index contributed by atoms with van der Waals surface area (Å²) in [6.45, 7) is 2.68. The van der Waals surface area contributed by atoms with Gasteiger partial charge in [0, 0.05) is 17.6 Å². The second-order valence-electron chi connectivity index (χ2n) is 5.80. The van der Waals surface area contributed by atoms with Crippen LogP contribution < -0.4 is 0 Å². The third-order valence-corrected chi connectivity index (χ3v) is 4.67. The lowest BCUT2D eigenvalue weighted by Gasteiger charge is -2.23. The van der Waals surface area contributed by atoms with Gasteiger partial charge < -0.3 is 4.74 Å². The summed E-state index contributed by atoms with van der Waals surface area (Å²) in [5, 5.41) is 5.20. The van der Waals surface area contributed by atoms with Crippen LogP contribution in [0.2, 0.25) is 0 Å². The summed E-state index contributed by atoms with van der Waals surface area (Å²) in [6.07, 6.45) is 4.59. The van der Waals surface area contributed by atoms with Gasteiger partial charge in [0.1, 0.15) is 11.9 Å².